The predicted octanol–water partition coefficient (Wildman–Crippen LogP) is 2.67. The molecule has 2 amide bonds. The van der Waals surface area contributed by atoms with Crippen molar-refractivity contribution in [2.45, 2.75) is 38.6 Å². The lowest BCUT2D eigenvalue weighted by atomic mass is 10.1. The highest BCUT2D eigenvalue weighted by atomic mass is 32.1. The molecule has 1 aliphatic heterocycles. The summed E-state index contributed by atoms with van der Waals surface area (Å²) >= 11 is 1.69. The fourth-order valence-corrected chi connectivity index (χ4v) is 3.17. The van der Waals surface area contributed by atoms with E-state index in [4.69, 9.17) is 0 Å². The molecule has 1 aliphatic rings. The van der Waals surface area contributed by atoms with Crippen molar-refractivity contribution in [2.24, 2.45) is 0 Å². The molecular weight excluding hydrogens is 284 g/mol. The van der Waals surface area contributed by atoms with Gasteiger partial charge < -0.3 is 10.2 Å². The first-order valence-corrected chi connectivity index (χ1v) is 8.30. The number of carbonyl (C=O) groups excluding carboxylic acids is 2. The molecule has 1 aromatic heterocycles. The van der Waals surface area contributed by atoms with E-state index in [9.17, 15) is 9.59 Å². The molecule has 1 saturated heterocycles. The quantitative estimate of drug-likeness (QED) is 0.930. The Morgan fingerprint density at radius 3 is 3.00 bits per heavy atom. The lowest BCUT2D eigenvalue weighted by Gasteiger charge is -2.28. The molecule has 1 fully saturated rings. The van der Waals surface area contributed by atoms with Crippen molar-refractivity contribution in [2.75, 3.05) is 13.1 Å². The van der Waals surface area contributed by atoms with Crippen LogP contribution in [0.1, 0.15) is 37.5 Å². The fraction of sp³-hybridized carbons (Fsp3) is 0.500. The molecule has 4 nitrogen and oxygen atoms in total. The molecule has 21 heavy (non-hydrogen) atoms. The highest BCUT2D eigenvalue weighted by Gasteiger charge is 2.23. The summed E-state index contributed by atoms with van der Waals surface area (Å²) in [6.45, 7) is 2.31. The Morgan fingerprint density at radius 1 is 1.43 bits per heavy atom. The SMILES string of the molecule is CC(=O)NCC(=O)N1CCCCCC1/C=C/c1cccs1. The van der Waals surface area contributed by atoms with Gasteiger partial charge in [0, 0.05) is 18.3 Å². The first-order valence-electron chi connectivity index (χ1n) is 7.42. The zero-order chi connectivity index (χ0) is 15.1. The number of thiophene rings is 1. The summed E-state index contributed by atoms with van der Waals surface area (Å²) in [5.74, 6) is -0.156. The first-order chi connectivity index (χ1) is 10.2. The third-order valence-corrected chi connectivity index (χ3v) is 4.47. The summed E-state index contributed by atoms with van der Waals surface area (Å²) in [6.07, 6.45) is 8.56. The highest BCUT2D eigenvalue weighted by molar-refractivity contribution is 7.10. The Bertz CT molecular complexity index is 496. The number of likely N-dealkylation sites (tertiary alicyclic amines) is 1. The minimum Gasteiger partial charge on any atom is -0.347 e. The normalized spacial score (nSPS) is 19.5. The van der Waals surface area contributed by atoms with Crippen LogP contribution in [0.5, 0.6) is 0 Å². The van der Waals surface area contributed by atoms with Crippen LogP contribution in [0.4, 0.5) is 0 Å². The van der Waals surface area contributed by atoms with Crippen molar-refractivity contribution in [3.63, 3.8) is 0 Å². The van der Waals surface area contributed by atoms with Crippen LogP contribution in [0.2, 0.25) is 0 Å². The van der Waals surface area contributed by atoms with Gasteiger partial charge in [-0.25, -0.2) is 0 Å². The van der Waals surface area contributed by atoms with Crippen molar-refractivity contribution in [3.05, 3.63) is 28.5 Å². The van der Waals surface area contributed by atoms with E-state index in [0.29, 0.717) is 0 Å². The van der Waals surface area contributed by atoms with Crippen LogP contribution in [-0.4, -0.2) is 35.8 Å². The van der Waals surface area contributed by atoms with Crippen LogP contribution in [0.3, 0.4) is 0 Å². The highest BCUT2D eigenvalue weighted by Crippen LogP contribution is 2.20. The van der Waals surface area contributed by atoms with Gasteiger partial charge in [0.2, 0.25) is 11.8 Å². The minimum absolute atomic E-state index is 0.00734. The molecule has 2 heterocycles. The van der Waals surface area contributed by atoms with Crippen LogP contribution in [0.25, 0.3) is 6.08 Å². The average Bonchev–Trinajstić information content (AvgIpc) is 2.87. The fourth-order valence-electron chi connectivity index (χ4n) is 2.54. The molecule has 0 aromatic carbocycles. The van der Waals surface area contributed by atoms with Gasteiger partial charge >= 0.3 is 0 Å². The van der Waals surface area contributed by atoms with Gasteiger partial charge in [-0.1, -0.05) is 25.0 Å². The number of hydrogen-bond acceptors (Lipinski definition) is 3. The summed E-state index contributed by atoms with van der Waals surface area (Å²) in [5, 5.41) is 4.65. The van der Waals surface area contributed by atoms with Gasteiger partial charge in [-0.2, -0.15) is 0 Å². The van der Waals surface area contributed by atoms with Gasteiger partial charge in [-0.15, -0.1) is 11.3 Å². The molecule has 0 bridgehead atoms. The van der Waals surface area contributed by atoms with E-state index >= 15 is 0 Å². The molecule has 5 heteroatoms. The van der Waals surface area contributed by atoms with Crippen LogP contribution in [0, 0.1) is 0 Å². The smallest absolute Gasteiger partial charge is 0.242 e. The maximum atomic E-state index is 12.3. The second-order valence-corrected chi connectivity index (χ2v) is 6.27. The summed E-state index contributed by atoms with van der Waals surface area (Å²) in [5.41, 5.74) is 0. The van der Waals surface area contributed by atoms with Crippen molar-refractivity contribution in [3.8, 4) is 0 Å². The van der Waals surface area contributed by atoms with Gasteiger partial charge in [-0.3, -0.25) is 9.59 Å². The second kappa shape index (κ2) is 7.98. The number of amides is 2. The van der Waals surface area contributed by atoms with E-state index in [1.807, 2.05) is 16.3 Å². The Labute approximate surface area is 129 Å². The van der Waals surface area contributed by atoms with Crippen LogP contribution < -0.4 is 5.32 Å². The van der Waals surface area contributed by atoms with Gasteiger partial charge in [0.25, 0.3) is 0 Å². The second-order valence-electron chi connectivity index (χ2n) is 5.29. The van der Waals surface area contributed by atoms with E-state index in [-0.39, 0.29) is 24.4 Å². The van der Waals surface area contributed by atoms with Crippen LogP contribution in [0.15, 0.2) is 23.6 Å². The molecule has 1 unspecified atom stereocenters. The summed E-state index contributed by atoms with van der Waals surface area (Å²) in [6, 6.07) is 4.23. The number of nitrogens with zero attached hydrogens (tertiary/aromatic N) is 1. The minimum atomic E-state index is -0.163. The first kappa shape index (κ1) is 15.8. The number of carbonyl (C=O) groups is 2. The Kier molecular flexibility index (Phi) is 5.99. The topological polar surface area (TPSA) is 49.4 Å². The monoisotopic (exact) mass is 306 g/mol. The number of hydrogen-bond donors (Lipinski definition) is 1. The van der Waals surface area contributed by atoms with E-state index in [1.165, 1.54) is 11.8 Å². The van der Waals surface area contributed by atoms with E-state index in [1.54, 1.807) is 11.3 Å². The number of nitrogens with one attached hydrogen (secondary N) is 1. The maximum absolute atomic E-state index is 12.3. The van der Waals surface area contributed by atoms with Crippen molar-refractivity contribution >= 4 is 29.2 Å². The molecule has 0 spiro atoms. The molecule has 1 aromatic rings. The van der Waals surface area contributed by atoms with E-state index in [0.717, 1.165) is 32.2 Å². The Hall–Kier alpha value is -1.62. The van der Waals surface area contributed by atoms with Crippen molar-refractivity contribution in [1.82, 2.24) is 10.2 Å². The van der Waals surface area contributed by atoms with Crippen molar-refractivity contribution in [1.29, 1.82) is 0 Å². The molecule has 114 valence electrons. The van der Waals surface area contributed by atoms with Crippen molar-refractivity contribution < 1.29 is 9.59 Å². The molecule has 0 radical (unpaired) electrons. The third kappa shape index (κ3) is 5.01. The van der Waals surface area contributed by atoms with E-state index < -0.39 is 0 Å². The summed E-state index contributed by atoms with van der Waals surface area (Å²) < 4.78 is 0. The summed E-state index contributed by atoms with van der Waals surface area (Å²) in [7, 11) is 0. The van der Waals surface area contributed by atoms with Crippen LogP contribution >= 0.6 is 11.3 Å². The molecular formula is C16H22N2O2S. The molecule has 1 atom stereocenters. The van der Waals surface area contributed by atoms with Gasteiger partial charge in [-0.05, 0) is 30.4 Å². The standard InChI is InChI=1S/C16H22N2O2S/c1-13(19)17-12-16(20)18-10-4-2-3-6-14(18)8-9-15-7-5-11-21-15/h5,7-9,11,14H,2-4,6,10,12H2,1H3,(H,17,19)/b9-8+. The Balaban J connectivity index is 2.03. The largest absolute Gasteiger partial charge is 0.347 e. The van der Waals surface area contributed by atoms with E-state index in [2.05, 4.69) is 23.5 Å². The third-order valence-electron chi connectivity index (χ3n) is 3.63. The molecule has 1 N–H and O–H groups in total. The zero-order valence-corrected chi connectivity index (χ0v) is 13.2. The Morgan fingerprint density at radius 2 is 2.29 bits per heavy atom. The lowest BCUT2D eigenvalue weighted by Crippen LogP contribution is -2.44. The average molecular weight is 306 g/mol. The summed E-state index contributed by atoms with van der Waals surface area (Å²) in [4.78, 5) is 26.4. The van der Waals surface area contributed by atoms with Gasteiger partial charge in [0.15, 0.2) is 0 Å². The van der Waals surface area contributed by atoms with Gasteiger partial charge in [0.05, 0.1) is 12.6 Å². The lowest BCUT2D eigenvalue weighted by molar-refractivity contribution is -0.133. The predicted molar refractivity (Wildman–Crippen MR) is 86.0 cm³/mol. The molecule has 0 saturated carbocycles. The molecule has 0 aliphatic carbocycles. The zero-order valence-electron chi connectivity index (χ0n) is 12.4. The maximum Gasteiger partial charge on any atom is 0.242 e. The number of rotatable bonds is 4. The van der Waals surface area contributed by atoms with Gasteiger partial charge in [0.1, 0.15) is 0 Å². The molecule has 2 rings (SSSR count). The van der Waals surface area contributed by atoms with Crippen LogP contribution in [-0.2, 0) is 9.59 Å².